The van der Waals surface area contributed by atoms with Crippen molar-refractivity contribution in [2.75, 3.05) is 12.4 Å². The van der Waals surface area contributed by atoms with Crippen LogP contribution in [-0.4, -0.2) is 35.9 Å². The van der Waals surface area contributed by atoms with E-state index in [2.05, 4.69) is 21.2 Å². The lowest BCUT2D eigenvalue weighted by Crippen LogP contribution is -2.57. The highest BCUT2D eigenvalue weighted by atomic mass is 79.9. The summed E-state index contributed by atoms with van der Waals surface area (Å²) in [5.41, 5.74) is -3.72. The van der Waals surface area contributed by atoms with Crippen LogP contribution in [0.15, 0.2) is 40.9 Å². The Hall–Kier alpha value is -2.59. The maximum Gasteiger partial charge on any atom is 0.426 e. The van der Waals surface area contributed by atoms with Crippen molar-refractivity contribution >= 4 is 33.5 Å². The number of methoxy groups -OCH3 is 1. The number of alkyl halides is 3. The van der Waals surface area contributed by atoms with E-state index in [0.29, 0.717) is 21.3 Å². The van der Waals surface area contributed by atoms with E-state index in [1.165, 1.54) is 39.2 Å². The summed E-state index contributed by atoms with van der Waals surface area (Å²) >= 11 is 3.30. The molecule has 0 bridgehead atoms. The molecule has 1 aliphatic heterocycles. The predicted octanol–water partition coefficient (Wildman–Crippen LogP) is 4.73. The zero-order valence-corrected chi connectivity index (χ0v) is 19.1. The molecule has 1 atom stereocenters. The molecule has 0 radical (unpaired) electrons. The van der Waals surface area contributed by atoms with E-state index >= 15 is 0 Å². The molecule has 2 aromatic rings. The van der Waals surface area contributed by atoms with Crippen molar-refractivity contribution in [3.8, 4) is 5.75 Å². The molecular weight excluding hydrogens is 495 g/mol. The highest BCUT2D eigenvalue weighted by Crippen LogP contribution is 2.43. The third-order valence-corrected chi connectivity index (χ3v) is 6.04. The number of cyclic esters (lactones) is 1. The molecule has 1 heterocycles. The molecule has 1 unspecified atom stereocenters. The number of amides is 1. The molecule has 0 aliphatic carbocycles. The Labute approximate surface area is 190 Å². The van der Waals surface area contributed by atoms with Crippen LogP contribution in [0.5, 0.6) is 5.75 Å². The largest absolute Gasteiger partial charge is 0.496 e. The van der Waals surface area contributed by atoms with Gasteiger partial charge in [0.2, 0.25) is 5.60 Å². The number of carbonyl (C=O) groups excluding carboxylic acids is 2. The van der Waals surface area contributed by atoms with Gasteiger partial charge in [0.25, 0.3) is 5.91 Å². The summed E-state index contributed by atoms with van der Waals surface area (Å²) in [6, 6.07) is 8.74. The normalized spacial score (nSPS) is 15.6. The lowest BCUT2D eigenvalue weighted by Gasteiger charge is -2.36. The van der Waals surface area contributed by atoms with Crippen LogP contribution in [0.1, 0.15) is 41.8 Å². The minimum atomic E-state index is -5.24. The average Bonchev–Trinajstić information content (AvgIpc) is 3.06. The van der Waals surface area contributed by atoms with E-state index in [9.17, 15) is 27.9 Å². The quantitative estimate of drug-likeness (QED) is 0.543. The zero-order valence-electron chi connectivity index (χ0n) is 17.5. The minimum Gasteiger partial charge on any atom is -0.496 e. The number of fused-ring (bicyclic) bond motifs is 1. The smallest absolute Gasteiger partial charge is 0.426 e. The molecule has 3 rings (SSSR count). The first-order valence-electron chi connectivity index (χ1n) is 9.53. The van der Waals surface area contributed by atoms with Crippen LogP contribution in [0, 0.1) is 0 Å². The molecule has 10 heteroatoms. The van der Waals surface area contributed by atoms with Crippen LogP contribution in [0.2, 0.25) is 0 Å². The number of nitrogens with one attached hydrogen (secondary N) is 1. The first-order valence-corrected chi connectivity index (χ1v) is 10.3. The molecule has 1 aliphatic rings. The topological polar surface area (TPSA) is 84.9 Å². The lowest BCUT2D eigenvalue weighted by atomic mass is 9.74. The average molecular weight is 516 g/mol. The van der Waals surface area contributed by atoms with Gasteiger partial charge in [-0.1, -0.05) is 19.9 Å². The molecule has 172 valence electrons. The molecular formula is C22H21BrF3NO5. The summed E-state index contributed by atoms with van der Waals surface area (Å²) in [5, 5.41) is 12.8. The van der Waals surface area contributed by atoms with Crippen LogP contribution in [0.3, 0.4) is 0 Å². The number of esters is 1. The van der Waals surface area contributed by atoms with E-state index in [-0.39, 0.29) is 17.9 Å². The molecule has 0 saturated heterocycles. The SMILES string of the molecule is COc1ccc(C(C)(C)CC(O)(C(=O)Nc2ccc3c(c2)COC3=O)C(F)(F)F)cc1Br. The molecule has 0 fully saturated rings. The number of ether oxygens (including phenoxy) is 2. The van der Waals surface area contributed by atoms with Gasteiger partial charge in [-0.15, -0.1) is 0 Å². The van der Waals surface area contributed by atoms with Crippen molar-refractivity contribution in [3.63, 3.8) is 0 Å². The number of anilines is 1. The molecule has 0 aromatic heterocycles. The van der Waals surface area contributed by atoms with E-state index in [1.54, 1.807) is 18.2 Å². The number of hydrogen-bond donors (Lipinski definition) is 2. The Kier molecular flexibility index (Phi) is 6.32. The number of halogens is 4. The maximum atomic E-state index is 14.0. The molecule has 2 N–H and O–H groups in total. The van der Waals surface area contributed by atoms with Crippen molar-refractivity contribution < 1.29 is 37.3 Å². The first-order chi connectivity index (χ1) is 14.8. The van der Waals surface area contributed by atoms with E-state index < -0.39 is 35.5 Å². The van der Waals surface area contributed by atoms with Gasteiger partial charge in [0.15, 0.2) is 0 Å². The van der Waals surface area contributed by atoms with Gasteiger partial charge in [-0.25, -0.2) is 4.79 Å². The summed E-state index contributed by atoms with van der Waals surface area (Å²) in [6.45, 7) is 2.97. The van der Waals surface area contributed by atoms with Crippen molar-refractivity contribution in [1.29, 1.82) is 0 Å². The van der Waals surface area contributed by atoms with E-state index in [0.717, 1.165) is 0 Å². The Morgan fingerprint density at radius 1 is 1.22 bits per heavy atom. The number of carbonyl (C=O) groups is 2. The van der Waals surface area contributed by atoms with Crippen molar-refractivity contribution in [1.82, 2.24) is 0 Å². The van der Waals surface area contributed by atoms with Crippen LogP contribution < -0.4 is 10.1 Å². The second kappa shape index (κ2) is 8.40. The van der Waals surface area contributed by atoms with Crippen molar-refractivity contribution in [3.05, 3.63) is 57.6 Å². The van der Waals surface area contributed by atoms with Gasteiger partial charge >= 0.3 is 12.1 Å². The summed E-state index contributed by atoms with van der Waals surface area (Å²) in [5.74, 6) is -1.67. The second-order valence-corrected chi connectivity index (χ2v) is 9.02. The Morgan fingerprint density at radius 2 is 1.91 bits per heavy atom. The summed E-state index contributed by atoms with van der Waals surface area (Å²) in [4.78, 5) is 24.2. The van der Waals surface area contributed by atoms with Gasteiger partial charge in [-0.05, 0) is 57.2 Å². The van der Waals surface area contributed by atoms with Gasteiger partial charge in [0, 0.05) is 17.7 Å². The van der Waals surface area contributed by atoms with Crippen LogP contribution >= 0.6 is 15.9 Å². The fraction of sp³-hybridized carbons (Fsp3) is 0.364. The molecule has 0 saturated carbocycles. The van der Waals surface area contributed by atoms with Gasteiger partial charge in [0.1, 0.15) is 12.4 Å². The molecule has 1 amide bonds. The number of hydrogen-bond acceptors (Lipinski definition) is 5. The first kappa shape index (κ1) is 24.1. The van der Waals surface area contributed by atoms with Crippen LogP contribution in [0.4, 0.5) is 18.9 Å². The fourth-order valence-corrected chi connectivity index (χ4v) is 4.12. The van der Waals surface area contributed by atoms with E-state index in [1.807, 2.05) is 0 Å². The fourth-order valence-electron chi connectivity index (χ4n) is 3.58. The highest BCUT2D eigenvalue weighted by Gasteiger charge is 2.61. The van der Waals surface area contributed by atoms with Crippen LogP contribution in [0.25, 0.3) is 0 Å². The van der Waals surface area contributed by atoms with Crippen molar-refractivity contribution in [2.45, 2.75) is 44.1 Å². The summed E-state index contributed by atoms with van der Waals surface area (Å²) in [7, 11) is 1.46. The highest BCUT2D eigenvalue weighted by molar-refractivity contribution is 9.10. The van der Waals surface area contributed by atoms with E-state index in [4.69, 9.17) is 9.47 Å². The molecule has 32 heavy (non-hydrogen) atoms. The zero-order chi connectivity index (χ0) is 23.9. The third-order valence-electron chi connectivity index (χ3n) is 5.42. The Balaban J connectivity index is 1.90. The monoisotopic (exact) mass is 515 g/mol. The van der Waals surface area contributed by atoms with Gasteiger partial charge in [-0.2, -0.15) is 13.2 Å². The predicted molar refractivity (Wildman–Crippen MR) is 114 cm³/mol. The van der Waals surface area contributed by atoms with Crippen LogP contribution in [-0.2, 0) is 21.6 Å². The van der Waals surface area contributed by atoms with Gasteiger partial charge < -0.3 is 19.9 Å². The molecule has 6 nitrogen and oxygen atoms in total. The second-order valence-electron chi connectivity index (χ2n) is 8.17. The Morgan fingerprint density at radius 3 is 2.50 bits per heavy atom. The van der Waals surface area contributed by atoms with Gasteiger partial charge in [0.05, 0.1) is 17.1 Å². The molecule has 0 spiro atoms. The van der Waals surface area contributed by atoms with Crippen molar-refractivity contribution in [2.24, 2.45) is 0 Å². The molecule has 2 aromatic carbocycles. The maximum absolute atomic E-state index is 14.0. The number of rotatable bonds is 6. The van der Waals surface area contributed by atoms with Gasteiger partial charge in [-0.3, -0.25) is 4.79 Å². The lowest BCUT2D eigenvalue weighted by molar-refractivity contribution is -0.254. The summed E-state index contributed by atoms with van der Waals surface area (Å²) in [6.07, 6.45) is -6.17. The number of benzene rings is 2. The third kappa shape index (κ3) is 4.47. The minimum absolute atomic E-state index is 0.0136. The number of aliphatic hydroxyl groups is 1. The Bertz CT molecular complexity index is 1070. The summed E-state index contributed by atoms with van der Waals surface area (Å²) < 4.78 is 52.4. The standard InChI is InChI=1S/C22H21BrF3NO5/c1-20(2,13-4-7-17(31-3)16(23)9-13)11-21(30,22(24,25)26)19(29)27-14-5-6-15-12(8-14)10-32-18(15)28/h4-9,30H,10-11H2,1-3H3,(H,27,29).